The summed E-state index contributed by atoms with van der Waals surface area (Å²) >= 11 is 0. The lowest BCUT2D eigenvalue weighted by Crippen LogP contribution is -2.23. The Labute approximate surface area is 101 Å². The van der Waals surface area contributed by atoms with Crippen LogP contribution in [0.1, 0.15) is 17.2 Å². The van der Waals surface area contributed by atoms with Gasteiger partial charge in [0.05, 0.1) is 18.7 Å². The molecule has 98 valence electrons. The molecule has 2 rings (SSSR count). The number of urea groups is 1. The molecule has 0 saturated carbocycles. The van der Waals surface area contributed by atoms with Gasteiger partial charge in [-0.25, -0.2) is 4.79 Å². The fraction of sp³-hybridized carbons (Fsp3) is 0.364. The Morgan fingerprint density at radius 1 is 1.39 bits per heavy atom. The zero-order chi connectivity index (χ0) is 13.3. The summed E-state index contributed by atoms with van der Waals surface area (Å²) in [5, 5.41) is 4.86. The Hall–Kier alpha value is -1.92. The van der Waals surface area contributed by atoms with E-state index >= 15 is 0 Å². The van der Waals surface area contributed by atoms with Gasteiger partial charge < -0.3 is 15.4 Å². The molecule has 1 fully saturated rings. The molecule has 1 aromatic carbocycles. The number of benzene rings is 1. The lowest BCUT2D eigenvalue weighted by molar-refractivity contribution is -0.138. The smallest absolute Gasteiger partial charge is 0.416 e. The Morgan fingerprint density at radius 3 is 2.61 bits per heavy atom. The summed E-state index contributed by atoms with van der Waals surface area (Å²) in [6, 6.07) is 2.54. The van der Waals surface area contributed by atoms with Crippen molar-refractivity contribution in [1.29, 1.82) is 0 Å². The Kier molecular flexibility index (Phi) is 3.06. The monoisotopic (exact) mass is 260 g/mol. The van der Waals surface area contributed by atoms with Gasteiger partial charge in [0.15, 0.2) is 0 Å². The third-order valence-electron chi connectivity index (χ3n) is 2.71. The maximum absolute atomic E-state index is 12.9. The van der Waals surface area contributed by atoms with Gasteiger partial charge in [0.2, 0.25) is 0 Å². The minimum absolute atomic E-state index is 0.0293. The molecule has 0 aliphatic carbocycles. The summed E-state index contributed by atoms with van der Waals surface area (Å²) in [5.74, 6) is 0.128. The number of hydrogen-bond donors (Lipinski definition) is 2. The van der Waals surface area contributed by atoms with Crippen molar-refractivity contribution in [3.05, 3.63) is 29.3 Å². The first-order valence-corrected chi connectivity index (χ1v) is 5.21. The molecule has 0 radical (unpaired) electrons. The number of hydrogen-bond acceptors (Lipinski definition) is 2. The molecule has 1 heterocycles. The number of carbonyl (C=O) groups excluding carboxylic acids is 1. The van der Waals surface area contributed by atoms with Gasteiger partial charge in [-0.05, 0) is 17.7 Å². The van der Waals surface area contributed by atoms with Gasteiger partial charge >= 0.3 is 12.2 Å². The minimum atomic E-state index is -4.49. The maximum Gasteiger partial charge on any atom is 0.416 e. The molecule has 0 aromatic heterocycles. The zero-order valence-corrected chi connectivity index (χ0v) is 9.47. The summed E-state index contributed by atoms with van der Waals surface area (Å²) in [5.41, 5.74) is -0.766. The molecule has 1 aromatic rings. The third-order valence-corrected chi connectivity index (χ3v) is 2.71. The molecule has 18 heavy (non-hydrogen) atoms. The second kappa shape index (κ2) is 4.40. The van der Waals surface area contributed by atoms with Crippen LogP contribution in [0.25, 0.3) is 0 Å². The Bertz CT molecular complexity index is 474. The van der Waals surface area contributed by atoms with Crippen LogP contribution < -0.4 is 15.4 Å². The second-order valence-electron chi connectivity index (χ2n) is 3.86. The Morgan fingerprint density at radius 2 is 2.11 bits per heavy atom. The average molecular weight is 260 g/mol. The summed E-state index contributed by atoms with van der Waals surface area (Å²) in [6.45, 7) is 0.133. The minimum Gasteiger partial charge on any atom is -0.497 e. The third kappa shape index (κ3) is 2.34. The van der Waals surface area contributed by atoms with Gasteiger partial charge in [-0.1, -0.05) is 6.07 Å². The molecule has 0 unspecified atom stereocenters. The molecule has 4 nitrogen and oxygen atoms in total. The molecular weight excluding hydrogens is 249 g/mol. The average Bonchev–Trinajstić information content (AvgIpc) is 2.74. The molecule has 1 aliphatic rings. The molecular formula is C11H11F3N2O2. The van der Waals surface area contributed by atoms with Crippen molar-refractivity contribution in [2.45, 2.75) is 12.2 Å². The molecule has 2 amide bonds. The van der Waals surface area contributed by atoms with Crippen molar-refractivity contribution < 1.29 is 22.7 Å². The van der Waals surface area contributed by atoms with Crippen LogP contribution in [-0.2, 0) is 6.18 Å². The van der Waals surface area contributed by atoms with E-state index in [2.05, 4.69) is 10.6 Å². The predicted molar refractivity (Wildman–Crippen MR) is 57.3 cm³/mol. The first-order valence-electron chi connectivity index (χ1n) is 5.21. The summed E-state index contributed by atoms with van der Waals surface area (Å²) in [6.07, 6.45) is -4.49. The molecule has 2 N–H and O–H groups in total. The number of methoxy groups -OCH3 is 1. The van der Waals surface area contributed by atoms with E-state index in [1.54, 1.807) is 0 Å². The predicted octanol–water partition coefficient (Wildman–Crippen LogP) is 2.07. The highest BCUT2D eigenvalue weighted by Crippen LogP contribution is 2.37. The SMILES string of the molecule is COc1ccc([C@H]2CNC(=O)N2)c(C(F)(F)F)c1. The quantitative estimate of drug-likeness (QED) is 0.855. The molecule has 7 heteroatoms. The van der Waals surface area contributed by atoms with Crippen LogP contribution in [-0.4, -0.2) is 19.7 Å². The van der Waals surface area contributed by atoms with Crippen LogP contribution in [0.5, 0.6) is 5.75 Å². The molecule has 0 spiro atoms. The number of amides is 2. The van der Waals surface area contributed by atoms with Crippen molar-refractivity contribution in [3.63, 3.8) is 0 Å². The van der Waals surface area contributed by atoms with E-state index in [-0.39, 0.29) is 17.9 Å². The van der Waals surface area contributed by atoms with E-state index in [0.29, 0.717) is 0 Å². The van der Waals surface area contributed by atoms with Crippen LogP contribution in [0.2, 0.25) is 0 Å². The highest BCUT2D eigenvalue weighted by molar-refractivity contribution is 5.77. The molecule has 1 atom stereocenters. The van der Waals surface area contributed by atoms with E-state index in [4.69, 9.17) is 4.74 Å². The largest absolute Gasteiger partial charge is 0.497 e. The van der Waals surface area contributed by atoms with E-state index in [0.717, 1.165) is 6.07 Å². The van der Waals surface area contributed by atoms with E-state index in [1.807, 2.05) is 0 Å². The number of carbonyl (C=O) groups is 1. The van der Waals surface area contributed by atoms with Gasteiger partial charge in [0, 0.05) is 6.54 Å². The summed E-state index contributed by atoms with van der Waals surface area (Å²) < 4.78 is 43.6. The van der Waals surface area contributed by atoms with Crippen LogP contribution in [0, 0.1) is 0 Å². The van der Waals surface area contributed by atoms with Gasteiger partial charge in [-0.3, -0.25) is 0 Å². The number of halogens is 3. The van der Waals surface area contributed by atoms with Crippen molar-refractivity contribution in [3.8, 4) is 5.75 Å². The fourth-order valence-electron chi connectivity index (χ4n) is 1.85. The van der Waals surface area contributed by atoms with E-state index in [1.165, 1.54) is 19.2 Å². The van der Waals surface area contributed by atoms with E-state index in [9.17, 15) is 18.0 Å². The maximum atomic E-state index is 12.9. The fourth-order valence-corrected chi connectivity index (χ4v) is 1.85. The summed E-state index contributed by atoms with van der Waals surface area (Å²) in [4.78, 5) is 11.0. The first kappa shape index (κ1) is 12.5. The van der Waals surface area contributed by atoms with Crippen LogP contribution in [0.15, 0.2) is 18.2 Å². The number of nitrogens with one attached hydrogen (secondary N) is 2. The number of alkyl halides is 3. The van der Waals surface area contributed by atoms with Crippen LogP contribution >= 0.6 is 0 Å². The van der Waals surface area contributed by atoms with Crippen LogP contribution in [0.4, 0.5) is 18.0 Å². The first-order chi connectivity index (χ1) is 8.41. The highest BCUT2D eigenvalue weighted by atomic mass is 19.4. The second-order valence-corrected chi connectivity index (χ2v) is 3.86. The van der Waals surface area contributed by atoms with Crippen molar-refractivity contribution >= 4 is 6.03 Å². The normalized spacial score (nSPS) is 19.3. The van der Waals surface area contributed by atoms with E-state index < -0.39 is 23.8 Å². The highest BCUT2D eigenvalue weighted by Gasteiger charge is 2.37. The topological polar surface area (TPSA) is 50.4 Å². The number of rotatable bonds is 2. The lowest BCUT2D eigenvalue weighted by atomic mass is 10.00. The lowest BCUT2D eigenvalue weighted by Gasteiger charge is -2.17. The molecule has 0 bridgehead atoms. The Balaban J connectivity index is 2.43. The number of ether oxygens (including phenoxy) is 1. The van der Waals surface area contributed by atoms with Gasteiger partial charge in [0.25, 0.3) is 0 Å². The molecule has 1 aliphatic heterocycles. The van der Waals surface area contributed by atoms with Gasteiger partial charge in [-0.2, -0.15) is 13.2 Å². The molecule has 1 saturated heterocycles. The van der Waals surface area contributed by atoms with Crippen molar-refractivity contribution in [2.75, 3.05) is 13.7 Å². The summed E-state index contributed by atoms with van der Waals surface area (Å²) in [7, 11) is 1.30. The van der Waals surface area contributed by atoms with Gasteiger partial charge in [-0.15, -0.1) is 0 Å². The van der Waals surface area contributed by atoms with Gasteiger partial charge in [0.1, 0.15) is 5.75 Å². The van der Waals surface area contributed by atoms with Crippen molar-refractivity contribution in [2.24, 2.45) is 0 Å². The standard InChI is InChI=1S/C11H11F3N2O2/c1-18-6-2-3-7(8(4-6)11(12,13)14)9-5-15-10(17)16-9/h2-4,9H,5H2,1H3,(H2,15,16,17)/t9-/m1/s1. The van der Waals surface area contributed by atoms with Crippen molar-refractivity contribution in [1.82, 2.24) is 10.6 Å². The van der Waals surface area contributed by atoms with Crippen LogP contribution in [0.3, 0.4) is 0 Å². The zero-order valence-electron chi connectivity index (χ0n) is 9.47.